The molecule has 1 aliphatic heterocycles. The molecular weight excluding hydrogens is 323 g/mol. The van der Waals surface area contributed by atoms with Gasteiger partial charge in [-0.15, -0.1) is 0 Å². The van der Waals surface area contributed by atoms with Gasteiger partial charge < -0.3 is 10.6 Å². The van der Waals surface area contributed by atoms with Gasteiger partial charge in [-0.2, -0.15) is 0 Å². The van der Waals surface area contributed by atoms with Crippen LogP contribution in [0.5, 0.6) is 0 Å². The fourth-order valence-electron chi connectivity index (χ4n) is 2.43. The van der Waals surface area contributed by atoms with Gasteiger partial charge in [0.1, 0.15) is 12.2 Å². The lowest BCUT2D eigenvalue weighted by atomic mass is 10.1. The summed E-state index contributed by atoms with van der Waals surface area (Å²) in [5.74, 6) is -1.32. The van der Waals surface area contributed by atoms with Crippen LogP contribution in [0.4, 0.5) is 4.39 Å². The predicted octanol–water partition coefficient (Wildman–Crippen LogP) is 0.178. The van der Waals surface area contributed by atoms with Crippen molar-refractivity contribution in [3.63, 3.8) is 0 Å². The Morgan fingerprint density at radius 2 is 1.96 bits per heavy atom. The summed E-state index contributed by atoms with van der Waals surface area (Å²) in [4.78, 5) is 23.3. The van der Waals surface area contributed by atoms with E-state index in [0.29, 0.717) is 18.4 Å². The third kappa shape index (κ3) is 5.63. The lowest BCUT2D eigenvalue weighted by Crippen LogP contribution is -2.39. The van der Waals surface area contributed by atoms with Crippen LogP contribution in [0.25, 0.3) is 0 Å². The summed E-state index contributed by atoms with van der Waals surface area (Å²) in [5, 5.41) is 5.09. The smallest absolute Gasteiger partial charge is 0.229 e. The van der Waals surface area contributed by atoms with Crippen LogP contribution in [-0.2, 0) is 25.8 Å². The molecule has 1 aromatic rings. The minimum atomic E-state index is -3.07. The molecule has 0 aromatic heterocycles. The normalized spacial score (nSPS) is 19.3. The van der Waals surface area contributed by atoms with Crippen molar-refractivity contribution >= 4 is 21.7 Å². The first-order valence-electron chi connectivity index (χ1n) is 7.35. The van der Waals surface area contributed by atoms with Crippen LogP contribution in [-0.4, -0.2) is 44.3 Å². The monoisotopic (exact) mass is 342 g/mol. The van der Waals surface area contributed by atoms with Gasteiger partial charge in [0.05, 0.1) is 11.5 Å². The molecule has 23 heavy (non-hydrogen) atoms. The van der Waals surface area contributed by atoms with Gasteiger partial charge in [0.15, 0.2) is 9.84 Å². The van der Waals surface area contributed by atoms with Gasteiger partial charge in [0, 0.05) is 12.6 Å². The lowest BCUT2D eigenvalue weighted by Gasteiger charge is -2.11. The van der Waals surface area contributed by atoms with E-state index in [0.717, 1.165) is 0 Å². The van der Waals surface area contributed by atoms with Gasteiger partial charge in [0.2, 0.25) is 11.8 Å². The Balaban J connectivity index is 1.68. The highest BCUT2D eigenvalue weighted by Crippen LogP contribution is 2.11. The number of nitrogens with one attached hydrogen (secondary N) is 2. The fraction of sp³-hybridized carbons (Fsp3) is 0.467. The first-order valence-corrected chi connectivity index (χ1v) is 9.18. The third-order valence-corrected chi connectivity index (χ3v) is 5.36. The van der Waals surface area contributed by atoms with Gasteiger partial charge >= 0.3 is 0 Å². The van der Waals surface area contributed by atoms with Gasteiger partial charge in [-0.1, -0.05) is 18.2 Å². The maximum Gasteiger partial charge on any atom is 0.229 e. The number of benzene rings is 1. The second-order valence-corrected chi connectivity index (χ2v) is 7.76. The van der Waals surface area contributed by atoms with E-state index in [2.05, 4.69) is 10.6 Å². The molecule has 0 bridgehead atoms. The topological polar surface area (TPSA) is 92.3 Å². The summed E-state index contributed by atoms with van der Waals surface area (Å²) in [6.07, 6.45) is 0.345. The summed E-state index contributed by atoms with van der Waals surface area (Å²) in [6.45, 7) is 0.227. The summed E-state index contributed by atoms with van der Waals surface area (Å²) < 4.78 is 36.0. The van der Waals surface area contributed by atoms with E-state index in [9.17, 15) is 22.4 Å². The molecule has 1 atom stereocenters. The van der Waals surface area contributed by atoms with Gasteiger partial charge in [-0.3, -0.25) is 9.59 Å². The second-order valence-electron chi connectivity index (χ2n) is 5.54. The Kier molecular flexibility index (Phi) is 5.70. The molecule has 0 aliphatic carbocycles. The van der Waals surface area contributed by atoms with E-state index in [-0.39, 0.29) is 30.3 Å². The standard InChI is InChI=1S/C15H19FN2O4S/c16-13-4-2-1-3-11(13)5-7-17-14(19)9-15(20)18-12-6-8-23(21,22)10-12/h1-4,12H,5-10H2,(H,17,19)(H,18,20). The third-order valence-electron chi connectivity index (χ3n) is 3.59. The molecule has 8 heteroatoms. The Morgan fingerprint density at radius 3 is 2.61 bits per heavy atom. The van der Waals surface area contributed by atoms with Gasteiger partial charge in [0.25, 0.3) is 0 Å². The summed E-state index contributed by atoms with van der Waals surface area (Å²) in [6, 6.07) is 5.86. The van der Waals surface area contributed by atoms with E-state index in [4.69, 9.17) is 0 Å². The number of hydrogen-bond acceptors (Lipinski definition) is 4. The molecule has 1 aliphatic rings. The average molecular weight is 342 g/mol. The van der Waals surface area contributed by atoms with Crippen molar-refractivity contribution in [2.75, 3.05) is 18.1 Å². The van der Waals surface area contributed by atoms with Crippen LogP contribution in [0.3, 0.4) is 0 Å². The number of carbonyl (C=O) groups is 2. The molecule has 2 N–H and O–H groups in total. The second kappa shape index (κ2) is 7.54. The molecule has 1 aromatic carbocycles. The number of rotatable bonds is 6. The zero-order chi connectivity index (χ0) is 16.9. The van der Waals surface area contributed by atoms with Crippen LogP contribution >= 0.6 is 0 Å². The van der Waals surface area contributed by atoms with E-state index >= 15 is 0 Å². The lowest BCUT2D eigenvalue weighted by molar-refractivity contribution is -0.129. The number of amides is 2. The van der Waals surface area contributed by atoms with Crippen LogP contribution in [0.1, 0.15) is 18.4 Å². The predicted molar refractivity (Wildman–Crippen MR) is 82.9 cm³/mol. The number of carbonyl (C=O) groups excluding carboxylic acids is 2. The molecule has 1 unspecified atom stereocenters. The van der Waals surface area contributed by atoms with E-state index < -0.39 is 27.7 Å². The van der Waals surface area contributed by atoms with Crippen molar-refractivity contribution in [1.82, 2.24) is 10.6 Å². The molecular formula is C15H19FN2O4S. The molecule has 126 valence electrons. The minimum Gasteiger partial charge on any atom is -0.355 e. The van der Waals surface area contributed by atoms with E-state index in [1.54, 1.807) is 18.2 Å². The van der Waals surface area contributed by atoms with Crippen LogP contribution < -0.4 is 10.6 Å². The van der Waals surface area contributed by atoms with E-state index in [1.165, 1.54) is 6.07 Å². The molecule has 0 radical (unpaired) electrons. The highest BCUT2D eigenvalue weighted by atomic mass is 32.2. The van der Waals surface area contributed by atoms with Crippen molar-refractivity contribution < 1.29 is 22.4 Å². The number of halogens is 1. The molecule has 0 saturated carbocycles. The quantitative estimate of drug-likeness (QED) is 0.721. The first kappa shape index (κ1) is 17.4. The van der Waals surface area contributed by atoms with Crippen molar-refractivity contribution in [2.45, 2.75) is 25.3 Å². The van der Waals surface area contributed by atoms with Crippen molar-refractivity contribution in [2.24, 2.45) is 0 Å². The summed E-state index contributed by atoms with van der Waals surface area (Å²) in [5.41, 5.74) is 0.494. The zero-order valence-corrected chi connectivity index (χ0v) is 13.4. The number of sulfone groups is 1. The first-order chi connectivity index (χ1) is 10.9. The van der Waals surface area contributed by atoms with E-state index in [1.807, 2.05) is 0 Å². The van der Waals surface area contributed by atoms with Crippen molar-refractivity contribution in [1.29, 1.82) is 0 Å². The maximum atomic E-state index is 13.4. The SMILES string of the molecule is O=C(CC(=O)NC1CCS(=O)(=O)C1)NCCc1ccccc1F. The zero-order valence-electron chi connectivity index (χ0n) is 12.5. The van der Waals surface area contributed by atoms with Crippen molar-refractivity contribution in [3.8, 4) is 0 Å². The van der Waals surface area contributed by atoms with Crippen molar-refractivity contribution in [3.05, 3.63) is 35.6 Å². The molecule has 0 spiro atoms. The molecule has 1 fully saturated rings. The van der Waals surface area contributed by atoms with Crippen LogP contribution in [0, 0.1) is 5.82 Å². The Labute approximate surface area is 134 Å². The molecule has 1 saturated heterocycles. The van der Waals surface area contributed by atoms with Gasteiger partial charge in [-0.25, -0.2) is 12.8 Å². The number of hydrogen-bond donors (Lipinski definition) is 2. The molecule has 6 nitrogen and oxygen atoms in total. The minimum absolute atomic E-state index is 0.0623. The molecule has 2 amide bonds. The summed E-state index contributed by atoms with van der Waals surface area (Å²) in [7, 11) is -3.07. The maximum absolute atomic E-state index is 13.4. The van der Waals surface area contributed by atoms with Crippen LogP contribution in [0.15, 0.2) is 24.3 Å². The molecule has 2 rings (SSSR count). The fourth-order valence-corrected chi connectivity index (χ4v) is 4.11. The Hall–Kier alpha value is -1.96. The highest BCUT2D eigenvalue weighted by Gasteiger charge is 2.29. The largest absolute Gasteiger partial charge is 0.355 e. The Morgan fingerprint density at radius 1 is 1.22 bits per heavy atom. The Bertz CT molecular complexity index is 690. The highest BCUT2D eigenvalue weighted by molar-refractivity contribution is 7.91. The van der Waals surface area contributed by atoms with Gasteiger partial charge in [-0.05, 0) is 24.5 Å². The summed E-state index contributed by atoms with van der Waals surface area (Å²) >= 11 is 0. The van der Waals surface area contributed by atoms with Crippen LogP contribution in [0.2, 0.25) is 0 Å². The average Bonchev–Trinajstić information content (AvgIpc) is 2.79. The molecule has 1 heterocycles.